The molecule has 2 aromatic carbocycles. The molecule has 1 unspecified atom stereocenters. The first-order valence-corrected chi connectivity index (χ1v) is 11.5. The molecule has 1 saturated heterocycles. The maximum atomic E-state index is 12.9. The van der Waals surface area contributed by atoms with Crippen molar-refractivity contribution < 1.29 is 14.3 Å². The van der Waals surface area contributed by atoms with Crippen molar-refractivity contribution in [1.29, 1.82) is 0 Å². The van der Waals surface area contributed by atoms with Crippen molar-refractivity contribution in [3.8, 4) is 17.0 Å². The van der Waals surface area contributed by atoms with Gasteiger partial charge in [0.2, 0.25) is 0 Å². The molecule has 33 heavy (non-hydrogen) atoms. The Bertz CT molecular complexity index is 1130. The average Bonchev–Trinajstić information content (AvgIpc) is 3.59. The molecule has 0 bridgehead atoms. The summed E-state index contributed by atoms with van der Waals surface area (Å²) in [6, 6.07) is 13.7. The van der Waals surface area contributed by atoms with Gasteiger partial charge in [0.1, 0.15) is 11.6 Å². The van der Waals surface area contributed by atoms with Crippen LogP contribution in [0.1, 0.15) is 34.6 Å². The van der Waals surface area contributed by atoms with E-state index >= 15 is 0 Å². The number of rotatable bonds is 7. The van der Waals surface area contributed by atoms with Gasteiger partial charge in [-0.05, 0) is 48.7 Å². The van der Waals surface area contributed by atoms with Gasteiger partial charge in [0.05, 0.1) is 18.9 Å². The van der Waals surface area contributed by atoms with Crippen LogP contribution in [0.4, 0.5) is 5.69 Å². The molecular weight excluding hydrogens is 416 g/mol. The van der Waals surface area contributed by atoms with Crippen molar-refractivity contribution in [3.63, 3.8) is 0 Å². The lowest BCUT2D eigenvalue weighted by molar-refractivity contribution is 0.0950. The third-order valence-corrected chi connectivity index (χ3v) is 6.62. The topological polar surface area (TPSA) is 68.6 Å². The first-order chi connectivity index (χ1) is 16.1. The van der Waals surface area contributed by atoms with Crippen molar-refractivity contribution in [1.82, 2.24) is 14.9 Å². The van der Waals surface area contributed by atoms with E-state index in [2.05, 4.69) is 39.2 Å². The van der Waals surface area contributed by atoms with Crippen LogP contribution in [0, 0.1) is 0 Å². The highest BCUT2D eigenvalue weighted by atomic mass is 16.5. The molecule has 2 aliphatic heterocycles. The number of amides is 1. The van der Waals surface area contributed by atoms with E-state index < -0.39 is 0 Å². The van der Waals surface area contributed by atoms with Crippen molar-refractivity contribution >= 4 is 11.6 Å². The molecule has 1 amide bonds. The van der Waals surface area contributed by atoms with Crippen LogP contribution in [0.15, 0.2) is 48.7 Å². The van der Waals surface area contributed by atoms with E-state index in [9.17, 15) is 4.79 Å². The second-order valence-corrected chi connectivity index (χ2v) is 8.69. The summed E-state index contributed by atoms with van der Waals surface area (Å²) in [4.78, 5) is 20.0. The predicted molar refractivity (Wildman–Crippen MR) is 128 cm³/mol. The molecule has 5 rings (SSSR count). The van der Waals surface area contributed by atoms with E-state index in [0.717, 1.165) is 60.8 Å². The largest absolute Gasteiger partial charge is 0.497 e. The molecule has 2 aliphatic rings. The fourth-order valence-electron chi connectivity index (χ4n) is 4.77. The van der Waals surface area contributed by atoms with Crippen LogP contribution >= 0.6 is 0 Å². The predicted octanol–water partition coefficient (Wildman–Crippen LogP) is 3.66. The number of hydrogen-bond acceptors (Lipinski definition) is 5. The molecule has 0 spiro atoms. The molecule has 3 aromatic rings. The molecule has 0 radical (unpaired) electrons. The monoisotopic (exact) mass is 446 g/mol. The van der Waals surface area contributed by atoms with Gasteiger partial charge in [-0.15, -0.1) is 0 Å². The first-order valence-electron chi connectivity index (χ1n) is 11.5. The summed E-state index contributed by atoms with van der Waals surface area (Å²) in [5.41, 5.74) is 4.87. The van der Waals surface area contributed by atoms with E-state index in [0.29, 0.717) is 17.9 Å². The Kier molecular flexibility index (Phi) is 6.05. The van der Waals surface area contributed by atoms with Crippen molar-refractivity contribution in [3.05, 3.63) is 65.6 Å². The third-order valence-electron chi connectivity index (χ3n) is 6.62. The highest BCUT2D eigenvalue weighted by molar-refractivity contribution is 5.94. The smallest absolute Gasteiger partial charge is 0.251 e. The Balaban J connectivity index is 1.41. The maximum absolute atomic E-state index is 12.9. The minimum atomic E-state index is -0.123. The van der Waals surface area contributed by atoms with Crippen molar-refractivity contribution in [2.45, 2.75) is 38.5 Å². The number of hydrogen-bond donors (Lipinski definition) is 1. The average molecular weight is 447 g/mol. The van der Waals surface area contributed by atoms with E-state index in [-0.39, 0.29) is 12.0 Å². The number of nitrogens with zero attached hydrogens (tertiary/aromatic N) is 3. The summed E-state index contributed by atoms with van der Waals surface area (Å²) in [7, 11) is 3.37. The number of carbonyl (C=O) groups excluding carboxylic acids is 1. The zero-order chi connectivity index (χ0) is 22.8. The number of carbonyl (C=O) groups is 1. The van der Waals surface area contributed by atoms with Gasteiger partial charge < -0.3 is 24.3 Å². The Morgan fingerprint density at radius 2 is 2.09 bits per heavy atom. The number of fused-ring (bicyclic) bond motifs is 1. The van der Waals surface area contributed by atoms with Crippen LogP contribution in [0.25, 0.3) is 11.3 Å². The molecule has 7 heteroatoms. The molecule has 1 N–H and O–H groups in total. The lowest BCUT2D eigenvalue weighted by atomic mass is 10.0. The fraction of sp³-hybridized carbons (Fsp3) is 0.385. The summed E-state index contributed by atoms with van der Waals surface area (Å²) in [6.45, 7) is 3.26. The van der Waals surface area contributed by atoms with E-state index in [1.165, 1.54) is 6.42 Å². The van der Waals surface area contributed by atoms with Gasteiger partial charge in [0.25, 0.3) is 5.91 Å². The second kappa shape index (κ2) is 9.27. The Morgan fingerprint density at radius 3 is 2.88 bits per heavy atom. The Morgan fingerprint density at radius 1 is 1.18 bits per heavy atom. The number of aromatic nitrogens is 2. The summed E-state index contributed by atoms with van der Waals surface area (Å²) in [5.74, 6) is 1.70. The Hall–Kier alpha value is -3.32. The van der Waals surface area contributed by atoms with Gasteiger partial charge in [-0.1, -0.05) is 12.1 Å². The van der Waals surface area contributed by atoms with E-state index in [1.54, 1.807) is 26.4 Å². The molecule has 7 nitrogen and oxygen atoms in total. The fourth-order valence-corrected chi connectivity index (χ4v) is 4.77. The number of anilines is 1. The molecule has 3 heterocycles. The number of nitrogens with one attached hydrogen (secondary N) is 1. The summed E-state index contributed by atoms with van der Waals surface area (Å²) < 4.78 is 13.1. The minimum Gasteiger partial charge on any atom is -0.497 e. The van der Waals surface area contributed by atoms with E-state index in [1.807, 2.05) is 12.1 Å². The van der Waals surface area contributed by atoms with Gasteiger partial charge in [-0.2, -0.15) is 0 Å². The third kappa shape index (κ3) is 4.46. The molecule has 0 saturated carbocycles. The summed E-state index contributed by atoms with van der Waals surface area (Å²) in [5, 5.41) is 3.10. The number of benzene rings is 2. The number of imidazole rings is 1. The van der Waals surface area contributed by atoms with Crippen LogP contribution in [0.2, 0.25) is 0 Å². The number of ether oxygens (including phenoxy) is 2. The van der Waals surface area contributed by atoms with Crippen LogP contribution in [-0.4, -0.2) is 48.9 Å². The van der Waals surface area contributed by atoms with Gasteiger partial charge >= 0.3 is 0 Å². The van der Waals surface area contributed by atoms with Gasteiger partial charge in [0, 0.05) is 62.7 Å². The minimum absolute atomic E-state index is 0.123. The lowest BCUT2D eigenvalue weighted by Gasteiger charge is -2.23. The second-order valence-electron chi connectivity index (χ2n) is 8.69. The highest BCUT2D eigenvalue weighted by Crippen LogP contribution is 2.31. The van der Waals surface area contributed by atoms with E-state index in [4.69, 9.17) is 14.5 Å². The van der Waals surface area contributed by atoms with Crippen LogP contribution in [0.3, 0.4) is 0 Å². The van der Waals surface area contributed by atoms with Crippen LogP contribution < -0.4 is 15.0 Å². The molecule has 1 fully saturated rings. The van der Waals surface area contributed by atoms with Crippen molar-refractivity contribution in [2.75, 3.05) is 32.2 Å². The SMILES string of the molecule is COc1cccc(C(=O)NCc2cc(-c3cn4c(n3)CCC4)ccc2N2CCC(OC)C2)c1. The number of aryl methyl sites for hydroxylation is 2. The summed E-state index contributed by atoms with van der Waals surface area (Å²) in [6.07, 6.45) is 5.58. The molecular formula is C26H30N4O3. The first kappa shape index (κ1) is 21.5. The number of methoxy groups -OCH3 is 2. The van der Waals surface area contributed by atoms with Gasteiger partial charge in [-0.25, -0.2) is 4.98 Å². The zero-order valence-corrected chi connectivity index (χ0v) is 19.2. The van der Waals surface area contributed by atoms with Crippen molar-refractivity contribution in [2.24, 2.45) is 0 Å². The lowest BCUT2D eigenvalue weighted by Crippen LogP contribution is -2.27. The maximum Gasteiger partial charge on any atom is 0.251 e. The highest BCUT2D eigenvalue weighted by Gasteiger charge is 2.25. The standard InChI is InChI=1S/C26H30N4O3/c1-32-21-6-3-5-19(14-21)26(31)27-15-20-13-18(23-17-30-11-4-7-25(30)28-23)8-9-24(20)29-12-10-22(16-29)33-2/h3,5-6,8-9,13-14,17,22H,4,7,10-12,15-16H2,1-2H3,(H,27,31). The quantitative estimate of drug-likeness (QED) is 0.600. The van der Waals surface area contributed by atoms with Gasteiger partial charge in [0.15, 0.2) is 0 Å². The summed E-state index contributed by atoms with van der Waals surface area (Å²) >= 11 is 0. The molecule has 172 valence electrons. The molecule has 0 aliphatic carbocycles. The van der Waals surface area contributed by atoms with Gasteiger partial charge in [-0.3, -0.25) is 4.79 Å². The van der Waals surface area contributed by atoms with Crippen LogP contribution in [-0.2, 0) is 24.2 Å². The molecule has 1 aromatic heterocycles. The normalized spacial score (nSPS) is 17.3. The Labute approximate surface area is 194 Å². The van der Waals surface area contributed by atoms with Crippen LogP contribution in [0.5, 0.6) is 5.75 Å². The molecule has 1 atom stereocenters. The zero-order valence-electron chi connectivity index (χ0n) is 19.2.